The molecule has 0 aliphatic heterocycles. The maximum Gasteiger partial charge on any atom is 0.334 e. The van der Waals surface area contributed by atoms with Crippen molar-refractivity contribution in [2.24, 2.45) is 0 Å². The van der Waals surface area contributed by atoms with Crippen LogP contribution in [0.15, 0.2) is 30.3 Å². The largest absolute Gasteiger partial charge is 0.480 e. The summed E-state index contributed by atoms with van der Waals surface area (Å²) in [5.41, 5.74) is 3.46. The molecule has 1 fully saturated rings. The number of rotatable bonds is 7. The molecule has 1 saturated carbocycles. The van der Waals surface area contributed by atoms with E-state index in [-0.39, 0.29) is 11.7 Å². The third-order valence-electron chi connectivity index (χ3n) is 5.62. The Kier molecular flexibility index (Phi) is 7.19. The van der Waals surface area contributed by atoms with Gasteiger partial charge in [0.15, 0.2) is 0 Å². The van der Waals surface area contributed by atoms with E-state index >= 15 is 0 Å². The molecule has 0 radical (unpaired) electrons. The van der Waals surface area contributed by atoms with E-state index in [1.54, 1.807) is 12.1 Å². The van der Waals surface area contributed by atoms with Gasteiger partial charge in [-0.1, -0.05) is 37.8 Å². The lowest BCUT2D eigenvalue weighted by atomic mass is 9.92. The fraction of sp³-hybridized carbons (Fsp3) is 0.417. The highest BCUT2D eigenvalue weighted by Crippen LogP contribution is 2.44. The molecule has 0 spiro atoms. The van der Waals surface area contributed by atoms with E-state index < -0.39 is 25.3 Å². The minimum atomic E-state index is -3.26. The molecule has 0 saturated heterocycles. The Morgan fingerprint density at radius 2 is 1.91 bits per heavy atom. The van der Waals surface area contributed by atoms with E-state index in [0.717, 1.165) is 25.6 Å². The number of aromatic nitrogens is 1. The van der Waals surface area contributed by atoms with Crippen LogP contribution in [0.1, 0.15) is 62.4 Å². The zero-order valence-corrected chi connectivity index (χ0v) is 19.5. The number of carboxylic acid groups (broad SMARTS) is 1. The van der Waals surface area contributed by atoms with Gasteiger partial charge in [-0.05, 0) is 49.4 Å². The number of aliphatic carboxylic acids is 1. The fourth-order valence-electron chi connectivity index (χ4n) is 3.55. The smallest absolute Gasteiger partial charge is 0.334 e. The predicted octanol–water partition coefficient (Wildman–Crippen LogP) is 4.57. The van der Waals surface area contributed by atoms with Crippen molar-refractivity contribution in [1.29, 1.82) is 0 Å². The summed E-state index contributed by atoms with van der Waals surface area (Å²) in [4.78, 5) is 16.9. The molecule has 1 aromatic carbocycles. The number of pyridine rings is 1. The first-order valence-electron chi connectivity index (χ1n) is 10.5. The van der Waals surface area contributed by atoms with Crippen LogP contribution in [0.4, 0.5) is 4.39 Å². The van der Waals surface area contributed by atoms with E-state index in [4.69, 9.17) is 9.51 Å². The number of aliphatic hydroxyl groups is 1. The second-order valence-corrected chi connectivity index (χ2v) is 10.1. The highest BCUT2D eigenvalue weighted by atomic mass is 31.1. The normalized spacial score (nSPS) is 17.2. The first-order chi connectivity index (χ1) is 15.1. The molecule has 170 valence electrons. The van der Waals surface area contributed by atoms with Gasteiger partial charge in [0.25, 0.3) is 0 Å². The lowest BCUT2D eigenvalue weighted by molar-refractivity contribution is -0.141. The summed E-state index contributed by atoms with van der Waals surface area (Å²) in [6, 6.07) is 7.87. The van der Waals surface area contributed by atoms with Crippen molar-refractivity contribution < 1.29 is 28.5 Å². The van der Waals surface area contributed by atoms with Gasteiger partial charge in [0.1, 0.15) is 5.82 Å². The fourth-order valence-corrected chi connectivity index (χ4v) is 4.55. The van der Waals surface area contributed by atoms with Crippen LogP contribution in [0.2, 0.25) is 0 Å². The number of hydrogen-bond acceptors (Lipinski definition) is 5. The summed E-state index contributed by atoms with van der Waals surface area (Å²) in [5, 5.41) is 17.8. The molecule has 0 bridgehead atoms. The maximum atomic E-state index is 13.6. The second kappa shape index (κ2) is 9.54. The molecule has 0 amide bonds. The lowest BCUT2D eigenvalue weighted by Gasteiger charge is -2.25. The average molecular weight is 459 g/mol. The molecule has 32 heavy (non-hydrogen) atoms. The first-order valence-corrected chi connectivity index (χ1v) is 11.8. The van der Waals surface area contributed by atoms with Crippen LogP contribution < -0.4 is 0 Å². The van der Waals surface area contributed by atoms with Gasteiger partial charge in [0, 0.05) is 24.3 Å². The van der Waals surface area contributed by atoms with Crippen LogP contribution >= 0.6 is 8.03 Å². The minimum absolute atomic E-state index is 0.0394. The highest BCUT2D eigenvalue weighted by molar-refractivity contribution is 7.43. The van der Waals surface area contributed by atoms with Gasteiger partial charge in [0.2, 0.25) is 13.2 Å². The molecule has 1 aliphatic rings. The molecule has 2 aromatic rings. The Balaban J connectivity index is 2.31. The Labute approximate surface area is 187 Å². The molecule has 1 aromatic heterocycles. The van der Waals surface area contributed by atoms with Crippen LogP contribution in [0.5, 0.6) is 0 Å². The number of carbonyl (C=O) groups is 1. The lowest BCUT2D eigenvalue weighted by Crippen LogP contribution is -2.44. The average Bonchev–Trinajstić information content (AvgIpc) is 3.59. The van der Waals surface area contributed by atoms with Crippen LogP contribution in [-0.2, 0) is 13.9 Å². The number of aliphatic hydroxyl groups excluding tert-OH is 1. The molecular weight excluding hydrogens is 432 g/mol. The van der Waals surface area contributed by atoms with Gasteiger partial charge in [-0.3, -0.25) is 9.55 Å². The van der Waals surface area contributed by atoms with Gasteiger partial charge in [0.05, 0.1) is 17.4 Å². The van der Waals surface area contributed by atoms with E-state index in [0.29, 0.717) is 28.3 Å². The van der Waals surface area contributed by atoms with Crippen molar-refractivity contribution in [3.8, 4) is 23.0 Å². The van der Waals surface area contributed by atoms with Crippen molar-refractivity contribution in [1.82, 2.24) is 4.98 Å². The number of carboxylic acids is 1. The molecule has 2 N–H and O–H groups in total. The van der Waals surface area contributed by atoms with Gasteiger partial charge in [-0.2, -0.15) is 0 Å². The summed E-state index contributed by atoms with van der Waals surface area (Å²) in [5.74, 6) is 3.87. The van der Waals surface area contributed by atoms with E-state index in [1.807, 2.05) is 19.9 Å². The van der Waals surface area contributed by atoms with E-state index in [2.05, 4.69) is 11.8 Å². The second-order valence-electron chi connectivity index (χ2n) is 8.32. The van der Waals surface area contributed by atoms with Crippen LogP contribution in [-0.4, -0.2) is 39.5 Å². The topological polar surface area (TPSA) is 96.7 Å². The minimum Gasteiger partial charge on any atom is -0.480 e. The number of hydrogen-bond donors (Lipinski definition) is 2. The van der Waals surface area contributed by atoms with Gasteiger partial charge >= 0.3 is 5.97 Å². The summed E-state index contributed by atoms with van der Waals surface area (Å²) >= 11 is 0. The molecule has 6 nitrogen and oxygen atoms in total. The molecule has 1 aliphatic carbocycles. The summed E-state index contributed by atoms with van der Waals surface area (Å²) in [6.07, 6.45) is 0.533. The van der Waals surface area contributed by atoms with Gasteiger partial charge in [-0.15, -0.1) is 0 Å². The number of benzene rings is 1. The van der Waals surface area contributed by atoms with E-state index in [1.165, 1.54) is 19.1 Å². The third kappa shape index (κ3) is 4.63. The summed E-state index contributed by atoms with van der Waals surface area (Å²) in [6.45, 7) is 5.13. The van der Waals surface area contributed by atoms with Crippen molar-refractivity contribution in [3.63, 3.8) is 0 Å². The van der Waals surface area contributed by atoms with Crippen molar-refractivity contribution >= 4 is 14.0 Å². The zero-order chi connectivity index (χ0) is 23.6. The van der Waals surface area contributed by atoms with Crippen molar-refractivity contribution in [2.45, 2.75) is 56.7 Å². The first kappa shape index (κ1) is 24.1. The Hall–Kier alpha value is -2.52. The van der Waals surface area contributed by atoms with Crippen molar-refractivity contribution in [3.05, 3.63) is 53.1 Å². The standard InChI is InChI=1S/C24H27FNO5P/c1-14(2)22-19(11-12-24(15(3)27,23(28)29)32(30)31-4)20(13-21(26-22)17-5-6-17)16-7-9-18(25)10-8-16/h7-10,13-15,17,27,32H,5-6H2,1-4H3,(H,28,29). The van der Waals surface area contributed by atoms with Crippen LogP contribution in [0.3, 0.4) is 0 Å². The van der Waals surface area contributed by atoms with Gasteiger partial charge < -0.3 is 14.7 Å². The SMILES string of the molecule is CO[PH](=O)C(C#Cc1c(-c2ccc(F)cc2)cc(C2CC2)nc1C(C)C)(C(=O)O)C(C)O. The summed E-state index contributed by atoms with van der Waals surface area (Å²) in [7, 11) is -2.14. The van der Waals surface area contributed by atoms with Crippen LogP contribution in [0, 0.1) is 17.7 Å². The monoisotopic (exact) mass is 459 g/mol. The Bertz CT molecular complexity index is 1100. The molecule has 3 rings (SSSR count). The van der Waals surface area contributed by atoms with E-state index in [9.17, 15) is 24.0 Å². The summed E-state index contributed by atoms with van der Waals surface area (Å²) < 4.78 is 31.0. The number of nitrogens with zero attached hydrogens (tertiary/aromatic N) is 1. The molecule has 3 unspecified atom stereocenters. The highest BCUT2D eigenvalue weighted by Gasteiger charge is 2.48. The quantitative estimate of drug-likeness (QED) is 0.465. The Morgan fingerprint density at radius 1 is 1.28 bits per heavy atom. The zero-order valence-electron chi connectivity index (χ0n) is 18.5. The van der Waals surface area contributed by atoms with Crippen molar-refractivity contribution in [2.75, 3.05) is 7.11 Å². The number of halogens is 1. The van der Waals surface area contributed by atoms with Gasteiger partial charge in [-0.25, -0.2) is 9.18 Å². The predicted molar refractivity (Wildman–Crippen MR) is 121 cm³/mol. The molecule has 8 heteroatoms. The molecule has 1 heterocycles. The molecular formula is C24H27FNO5P. The Morgan fingerprint density at radius 3 is 2.38 bits per heavy atom. The third-order valence-corrected chi connectivity index (χ3v) is 7.39. The van der Waals surface area contributed by atoms with Crippen LogP contribution in [0.25, 0.3) is 11.1 Å². The molecule has 3 atom stereocenters. The maximum absolute atomic E-state index is 13.6.